The summed E-state index contributed by atoms with van der Waals surface area (Å²) in [5.41, 5.74) is 1.88. The maximum atomic E-state index is 11.1. The Balaban J connectivity index is 1.80. The number of nitrogens with zero attached hydrogens (tertiary/aromatic N) is 2. The van der Waals surface area contributed by atoms with Crippen LogP contribution in [0, 0.1) is 10.1 Å². The smallest absolute Gasteiger partial charge is 0.271 e. The summed E-state index contributed by atoms with van der Waals surface area (Å²) in [6.07, 6.45) is 2.55. The number of hydrogen-bond donors (Lipinski definition) is 0. The lowest BCUT2D eigenvalue weighted by molar-refractivity contribution is -0.384. The van der Waals surface area contributed by atoms with E-state index in [0.29, 0.717) is 25.9 Å². The maximum absolute atomic E-state index is 11.1. The first-order valence-electron chi connectivity index (χ1n) is 6.95. The topological polar surface area (TPSA) is 64.8 Å². The van der Waals surface area contributed by atoms with Gasteiger partial charge in [0.1, 0.15) is 0 Å². The Labute approximate surface area is 117 Å². The van der Waals surface area contributed by atoms with E-state index in [1.54, 1.807) is 12.1 Å². The van der Waals surface area contributed by atoms with Crippen molar-refractivity contribution in [1.82, 2.24) is 0 Å². The number of benzene rings is 1. The number of anilines is 1. The zero-order valence-corrected chi connectivity index (χ0v) is 11.3. The molecule has 0 atom stereocenters. The third-order valence-electron chi connectivity index (χ3n) is 3.56. The SMILES string of the molecule is O=[N+]([O-])c1cc(COC2CC2)cc(N2CCOCC2)c1. The van der Waals surface area contributed by atoms with E-state index >= 15 is 0 Å². The Bertz CT molecular complexity index is 496. The molecule has 20 heavy (non-hydrogen) atoms. The molecular formula is C14H18N2O4. The highest BCUT2D eigenvalue weighted by Crippen LogP contribution is 2.28. The molecule has 108 valence electrons. The normalized spacial score (nSPS) is 19.1. The van der Waals surface area contributed by atoms with E-state index in [1.165, 1.54) is 0 Å². The molecule has 3 rings (SSSR count). The summed E-state index contributed by atoms with van der Waals surface area (Å²) in [5, 5.41) is 11.1. The van der Waals surface area contributed by atoms with Gasteiger partial charge in [-0.2, -0.15) is 0 Å². The molecule has 1 saturated heterocycles. The highest BCUT2D eigenvalue weighted by atomic mass is 16.6. The molecule has 0 aromatic heterocycles. The fraction of sp³-hybridized carbons (Fsp3) is 0.571. The van der Waals surface area contributed by atoms with Crippen molar-refractivity contribution in [1.29, 1.82) is 0 Å². The van der Waals surface area contributed by atoms with Crippen LogP contribution < -0.4 is 4.90 Å². The summed E-state index contributed by atoms with van der Waals surface area (Å²) >= 11 is 0. The van der Waals surface area contributed by atoms with E-state index in [4.69, 9.17) is 9.47 Å². The van der Waals surface area contributed by atoms with Gasteiger partial charge < -0.3 is 14.4 Å². The predicted octanol–water partition coefficient (Wildman–Crippen LogP) is 2.11. The van der Waals surface area contributed by atoms with Crippen LogP contribution in [-0.4, -0.2) is 37.3 Å². The van der Waals surface area contributed by atoms with Gasteiger partial charge in [-0.25, -0.2) is 0 Å². The lowest BCUT2D eigenvalue weighted by atomic mass is 10.1. The van der Waals surface area contributed by atoms with Crippen LogP contribution in [0.2, 0.25) is 0 Å². The molecular weight excluding hydrogens is 260 g/mol. The Kier molecular flexibility index (Phi) is 3.84. The van der Waals surface area contributed by atoms with Crippen LogP contribution in [0.4, 0.5) is 11.4 Å². The van der Waals surface area contributed by atoms with Gasteiger partial charge in [-0.15, -0.1) is 0 Å². The fourth-order valence-corrected chi connectivity index (χ4v) is 2.30. The van der Waals surface area contributed by atoms with E-state index in [-0.39, 0.29) is 10.6 Å². The summed E-state index contributed by atoms with van der Waals surface area (Å²) in [4.78, 5) is 12.8. The van der Waals surface area contributed by atoms with Crippen molar-refractivity contribution in [3.05, 3.63) is 33.9 Å². The second-order valence-electron chi connectivity index (χ2n) is 5.22. The first-order chi connectivity index (χ1) is 9.72. The quantitative estimate of drug-likeness (QED) is 0.609. The second kappa shape index (κ2) is 5.76. The van der Waals surface area contributed by atoms with Gasteiger partial charge in [-0.05, 0) is 24.5 Å². The lowest BCUT2D eigenvalue weighted by Gasteiger charge is -2.29. The van der Waals surface area contributed by atoms with Crippen molar-refractivity contribution in [3.8, 4) is 0 Å². The highest BCUT2D eigenvalue weighted by molar-refractivity contribution is 5.56. The molecule has 2 aliphatic rings. The molecule has 0 bridgehead atoms. The molecule has 1 aromatic rings. The van der Waals surface area contributed by atoms with Gasteiger partial charge in [-0.3, -0.25) is 10.1 Å². The van der Waals surface area contributed by atoms with Crippen LogP contribution in [0.5, 0.6) is 0 Å². The largest absolute Gasteiger partial charge is 0.378 e. The highest BCUT2D eigenvalue weighted by Gasteiger charge is 2.23. The zero-order chi connectivity index (χ0) is 13.9. The molecule has 6 heteroatoms. The van der Waals surface area contributed by atoms with E-state index in [9.17, 15) is 10.1 Å². The van der Waals surface area contributed by atoms with Crippen LogP contribution in [0.15, 0.2) is 18.2 Å². The number of hydrogen-bond acceptors (Lipinski definition) is 5. The fourth-order valence-electron chi connectivity index (χ4n) is 2.30. The molecule has 0 radical (unpaired) electrons. The summed E-state index contributed by atoms with van der Waals surface area (Å²) in [5.74, 6) is 0. The third-order valence-corrected chi connectivity index (χ3v) is 3.56. The standard InChI is InChI=1S/C14H18N2O4/c17-16(18)13-8-11(10-20-14-1-2-14)7-12(9-13)15-3-5-19-6-4-15/h7-9,14H,1-6,10H2. The molecule has 0 spiro atoms. The Hall–Kier alpha value is -1.66. The molecule has 0 N–H and O–H groups in total. The molecule has 1 aliphatic heterocycles. The Morgan fingerprint density at radius 3 is 2.70 bits per heavy atom. The van der Waals surface area contributed by atoms with Gasteiger partial charge in [-0.1, -0.05) is 0 Å². The molecule has 0 unspecified atom stereocenters. The van der Waals surface area contributed by atoms with Gasteiger partial charge in [0.2, 0.25) is 0 Å². The van der Waals surface area contributed by atoms with Gasteiger partial charge in [0, 0.05) is 30.9 Å². The van der Waals surface area contributed by atoms with E-state index < -0.39 is 0 Å². The molecule has 0 amide bonds. The number of nitro benzene ring substituents is 1. The average Bonchev–Trinajstić information content (AvgIpc) is 3.30. The van der Waals surface area contributed by atoms with Crippen molar-refractivity contribution >= 4 is 11.4 Å². The first-order valence-corrected chi connectivity index (χ1v) is 6.95. The minimum Gasteiger partial charge on any atom is -0.378 e. The van der Waals surface area contributed by atoms with Crippen LogP contribution in [-0.2, 0) is 16.1 Å². The first kappa shape index (κ1) is 13.3. The van der Waals surface area contributed by atoms with Gasteiger partial charge >= 0.3 is 0 Å². The molecule has 6 nitrogen and oxygen atoms in total. The van der Waals surface area contributed by atoms with Crippen molar-refractivity contribution in [2.24, 2.45) is 0 Å². The monoisotopic (exact) mass is 278 g/mol. The van der Waals surface area contributed by atoms with Crippen LogP contribution in [0.1, 0.15) is 18.4 Å². The van der Waals surface area contributed by atoms with Crippen molar-refractivity contribution in [2.45, 2.75) is 25.6 Å². The molecule has 1 heterocycles. The maximum Gasteiger partial charge on any atom is 0.271 e. The number of nitro groups is 1. The van der Waals surface area contributed by atoms with Crippen molar-refractivity contribution < 1.29 is 14.4 Å². The van der Waals surface area contributed by atoms with E-state index in [1.807, 2.05) is 6.07 Å². The summed E-state index contributed by atoms with van der Waals surface area (Å²) in [6, 6.07) is 5.22. The Morgan fingerprint density at radius 2 is 2.05 bits per heavy atom. The molecule has 1 aliphatic carbocycles. The lowest BCUT2D eigenvalue weighted by Crippen LogP contribution is -2.36. The van der Waals surface area contributed by atoms with Crippen LogP contribution in [0.25, 0.3) is 0 Å². The molecule has 1 saturated carbocycles. The van der Waals surface area contributed by atoms with Crippen molar-refractivity contribution in [2.75, 3.05) is 31.2 Å². The van der Waals surface area contributed by atoms with E-state index in [2.05, 4.69) is 4.90 Å². The van der Waals surface area contributed by atoms with Gasteiger partial charge in [0.05, 0.1) is 30.8 Å². The number of non-ortho nitro benzene ring substituents is 1. The second-order valence-corrected chi connectivity index (χ2v) is 5.22. The number of rotatable bonds is 5. The average molecular weight is 278 g/mol. The minimum atomic E-state index is -0.343. The van der Waals surface area contributed by atoms with E-state index in [0.717, 1.165) is 37.2 Å². The molecule has 2 fully saturated rings. The minimum absolute atomic E-state index is 0.128. The Morgan fingerprint density at radius 1 is 1.30 bits per heavy atom. The van der Waals surface area contributed by atoms with Crippen LogP contribution in [0.3, 0.4) is 0 Å². The summed E-state index contributed by atoms with van der Waals surface area (Å²) in [7, 11) is 0. The zero-order valence-electron chi connectivity index (χ0n) is 11.3. The van der Waals surface area contributed by atoms with Crippen molar-refractivity contribution in [3.63, 3.8) is 0 Å². The predicted molar refractivity (Wildman–Crippen MR) is 73.9 cm³/mol. The third kappa shape index (κ3) is 3.26. The van der Waals surface area contributed by atoms with Gasteiger partial charge in [0.15, 0.2) is 0 Å². The summed E-state index contributed by atoms with van der Waals surface area (Å²) in [6.45, 7) is 3.31. The number of morpholine rings is 1. The molecule has 1 aromatic carbocycles. The van der Waals surface area contributed by atoms with Gasteiger partial charge in [0.25, 0.3) is 5.69 Å². The number of ether oxygens (including phenoxy) is 2. The van der Waals surface area contributed by atoms with Crippen LogP contribution >= 0.6 is 0 Å². The summed E-state index contributed by atoms with van der Waals surface area (Å²) < 4.78 is 11.0.